The summed E-state index contributed by atoms with van der Waals surface area (Å²) in [5.74, 6) is 0.802. The van der Waals surface area contributed by atoms with Crippen molar-refractivity contribution in [2.75, 3.05) is 19.1 Å². The number of H-pyrrole nitrogens is 1. The van der Waals surface area contributed by atoms with E-state index in [1.807, 2.05) is 49.4 Å². The summed E-state index contributed by atoms with van der Waals surface area (Å²) in [7, 11) is 3.10. The van der Waals surface area contributed by atoms with Crippen molar-refractivity contribution in [1.29, 1.82) is 0 Å². The fraction of sp³-hybridized carbons (Fsp3) is 0.154. The molecule has 1 heterocycles. The summed E-state index contributed by atoms with van der Waals surface area (Å²) in [6.45, 7) is 2.04. The zero-order valence-corrected chi connectivity index (χ0v) is 18.2. The molecule has 0 aliphatic rings. The van der Waals surface area contributed by atoms with Gasteiger partial charge in [-0.05, 0) is 48.2 Å². The van der Waals surface area contributed by atoms with Crippen LogP contribution in [0.3, 0.4) is 0 Å². The molecular weight excluding hydrogens is 404 g/mol. The number of ether oxygens (including phenoxy) is 2. The molecule has 0 aliphatic heterocycles. The number of aromatic nitrogens is 1. The molecule has 0 radical (unpaired) electrons. The first-order chi connectivity index (χ1) is 15.5. The van der Waals surface area contributed by atoms with Crippen molar-refractivity contribution >= 4 is 22.5 Å². The molecule has 0 saturated carbocycles. The Bertz CT molecular complexity index is 1340. The van der Waals surface area contributed by atoms with Gasteiger partial charge in [-0.1, -0.05) is 36.4 Å². The van der Waals surface area contributed by atoms with Crippen molar-refractivity contribution < 1.29 is 14.3 Å². The number of rotatable bonds is 6. The van der Waals surface area contributed by atoms with E-state index in [9.17, 15) is 9.59 Å². The summed E-state index contributed by atoms with van der Waals surface area (Å²) in [6, 6.07) is 21.9. The molecule has 162 valence electrons. The topological polar surface area (TPSA) is 71.6 Å². The molecule has 0 atom stereocenters. The number of amides is 1. The van der Waals surface area contributed by atoms with Crippen LogP contribution in [0, 0.1) is 6.92 Å². The van der Waals surface area contributed by atoms with Gasteiger partial charge in [-0.15, -0.1) is 0 Å². The predicted octanol–water partition coefficient (Wildman–Crippen LogP) is 4.70. The highest BCUT2D eigenvalue weighted by molar-refractivity contribution is 6.08. The quantitative estimate of drug-likeness (QED) is 0.483. The van der Waals surface area contributed by atoms with Gasteiger partial charge in [-0.3, -0.25) is 9.59 Å². The zero-order chi connectivity index (χ0) is 22.7. The van der Waals surface area contributed by atoms with Gasteiger partial charge < -0.3 is 19.4 Å². The molecule has 1 amide bonds. The number of carbonyl (C=O) groups excluding carboxylic acids is 1. The molecule has 0 unspecified atom stereocenters. The van der Waals surface area contributed by atoms with E-state index in [2.05, 4.69) is 4.98 Å². The first-order valence-electron chi connectivity index (χ1n) is 10.2. The first-order valence-corrected chi connectivity index (χ1v) is 10.2. The van der Waals surface area contributed by atoms with Crippen molar-refractivity contribution in [2.24, 2.45) is 0 Å². The molecule has 0 spiro atoms. The molecular formula is C26H24N2O4. The third-order valence-electron chi connectivity index (χ3n) is 5.44. The molecule has 0 bridgehead atoms. The molecule has 0 aliphatic carbocycles. The standard InChI is InChI=1S/C26H24N2O4/c1-17-8-6-9-18-14-19(25(29)27-24(17)18)16-28(20-10-7-11-21(15-20)31-2)26(30)22-12-4-5-13-23(22)32-3/h4-15H,16H2,1-3H3,(H,27,29). The summed E-state index contributed by atoms with van der Waals surface area (Å²) in [6.07, 6.45) is 0. The molecule has 6 heteroatoms. The van der Waals surface area contributed by atoms with Gasteiger partial charge in [0.15, 0.2) is 0 Å². The van der Waals surface area contributed by atoms with E-state index < -0.39 is 0 Å². The Kier molecular flexibility index (Phi) is 5.94. The minimum absolute atomic E-state index is 0.0866. The molecule has 1 aromatic heterocycles. The molecule has 32 heavy (non-hydrogen) atoms. The summed E-state index contributed by atoms with van der Waals surface area (Å²) < 4.78 is 10.8. The van der Waals surface area contributed by atoms with Gasteiger partial charge in [0.25, 0.3) is 11.5 Å². The number of fused-ring (bicyclic) bond motifs is 1. The minimum atomic E-state index is -0.278. The second-order valence-corrected chi connectivity index (χ2v) is 7.46. The van der Waals surface area contributed by atoms with Gasteiger partial charge in [0, 0.05) is 17.3 Å². The first kappa shape index (κ1) is 21.2. The number of nitrogens with one attached hydrogen (secondary N) is 1. The Morgan fingerprint density at radius 1 is 0.938 bits per heavy atom. The number of pyridine rings is 1. The monoisotopic (exact) mass is 428 g/mol. The average Bonchev–Trinajstić information content (AvgIpc) is 2.83. The Morgan fingerprint density at radius 2 is 1.72 bits per heavy atom. The number of carbonyl (C=O) groups is 1. The summed E-state index contributed by atoms with van der Waals surface area (Å²) in [4.78, 5) is 31.1. The van der Waals surface area contributed by atoms with E-state index in [0.29, 0.717) is 28.3 Å². The van der Waals surface area contributed by atoms with E-state index in [4.69, 9.17) is 9.47 Å². The lowest BCUT2D eigenvalue weighted by Crippen LogP contribution is -2.33. The van der Waals surface area contributed by atoms with Crippen LogP contribution in [0.25, 0.3) is 10.9 Å². The number of benzene rings is 3. The second-order valence-electron chi connectivity index (χ2n) is 7.46. The third kappa shape index (κ3) is 4.07. The number of hydrogen-bond donors (Lipinski definition) is 1. The molecule has 4 rings (SSSR count). The van der Waals surface area contributed by atoms with Gasteiger partial charge in [0.2, 0.25) is 0 Å². The van der Waals surface area contributed by atoms with Crippen molar-refractivity contribution in [1.82, 2.24) is 4.98 Å². The Balaban J connectivity index is 1.83. The fourth-order valence-corrected chi connectivity index (χ4v) is 3.74. The fourth-order valence-electron chi connectivity index (χ4n) is 3.74. The van der Waals surface area contributed by atoms with Crippen molar-refractivity contribution in [2.45, 2.75) is 13.5 Å². The lowest BCUT2D eigenvalue weighted by molar-refractivity contribution is 0.0982. The third-order valence-corrected chi connectivity index (χ3v) is 5.44. The van der Waals surface area contributed by atoms with Gasteiger partial charge in [-0.25, -0.2) is 0 Å². The highest BCUT2D eigenvalue weighted by Gasteiger charge is 2.23. The summed E-state index contributed by atoms with van der Waals surface area (Å²) >= 11 is 0. The predicted molar refractivity (Wildman–Crippen MR) is 126 cm³/mol. The van der Waals surface area contributed by atoms with E-state index in [1.165, 1.54) is 7.11 Å². The number of para-hydroxylation sites is 2. The highest BCUT2D eigenvalue weighted by Crippen LogP contribution is 2.27. The molecule has 4 aromatic rings. The maximum absolute atomic E-state index is 13.7. The smallest absolute Gasteiger partial charge is 0.262 e. The van der Waals surface area contributed by atoms with Crippen LogP contribution in [0.4, 0.5) is 5.69 Å². The number of hydrogen-bond acceptors (Lipinski definition) is 4. The Morgan fingerprint density at radius 3 is 2.50 bits per heavy atom. The van der Waals surface area contributed by atoms with Gasteiger partial charge >= 0.3 is 0 Å². The SMILES string of the molecule is COc1cccc(N(Cc2cc3cccc(C)c3[nH]c2=O)C(=O)c2ccccc2OC)c1. The second kappa shape index (κ2) is 8.98. The van der Waals surface area contributed by atoms with Gasteiger partial charge in [0.05, 0.1) is 31.8 Å². The molecule has 0 saturated heterocycles. The maximum atomic E-state index is 13.7. The normalized spacial score (nSPS) is 10.7. The van der Waals surface area contributed by atoms with Crippen LogP contribution in [0.1, 0.15) is 21.5 Å². The van der Waals surface area contributed by atoms with Crippen LogP contribution in [0.2, 0.25) is 0 Å². The number of methoxy groups -OCH3 is 2. The van der Waals surface area contributed by atoms with E-state index in [0.717, 1.165) is 16.5 Å². The molecule has 0 fully saturated rings. The summed E-state index contributed by atoms with van der Waals surface area (Å²) in [5, 5.41) is 0.912. The van der Waals surface area contributed by atoms with E-state index >= 15 is 0 Å². The lowest BCUT2D eigenvalue weighted by atomic mass is 10.1. The average molecular weight is 428 g/mol. The molecule has 6 nitrogen and oxygen atoms in total. The molecule has 3 aromatic carbocycles. The van der Waals surface area contributed by atoms with Crippen LogP contribution < -0.4 is 19.9 Å². The van der Waals surface area contributed by atoms with Crippen LogP contribution in [0.5, 0.6) is 11.5 Å². The minimum Gasteiger partial charge on any atom is -0.497 e. The number of anilines is 1. The lowest BCUT2D eigenvalue weighted by Gasteiger charge is -2.24. The van der Waals surface area contributed by atoms with Gasteiger partial charge in [0.1, 0.15) is 11.5 Å². The largest absolute Gasteiger partial charge is 0.497 e. The Hall–Kier alpha value is -4.06. The summed E-state index contributed by atoms with van der Waals surface area (Å²) in [5.41, 5.74) is 3.06. The van der Waals surface area contributed by atoms with Crippen molar-refractivity contribution in [3.8, 4) is 11.5 Å². The van der Waals surface area contributed by atoms with Crippen LogP contribution in [-0.2, 0) is 6.54 Å². The van der Waals surface area contributed by atoms with Gasteiger partial charge in [-0.2, -0.15) is 0 Å². The van der Waals surface area contributed by atoms with Crippen LogP contribution in [-0.4, -0.2) is 25.1 Å². The van der Waals surface area contributed by atoms with E-state index in [1.54, 1.807) is 42.3 Å². The highest BCUT2D eigenvalue weighted by atomic mass is 16.5. The number of aryl methyl sites for hydroxylation is 1. The van der Waals surface area contributed by atoms with Crippen LogP contribution >= 0.6 is 0 Å². The molecule has 1 N–H and O–H groups in total. The number of nitrogens with zero attached hydrogens (tertiary/aromatic N) is 1. The zero-order valence-electron chi connectivity index (χ0n) is 18.2. The van der Waals surface area contributed by atoms with E-state index in [-0.39, 0.29) is 18.0 Å². The Labute approximate surface area is 186 Å². The van der Waals surface area contributed by atoms with Crippen LogP contribution in [0.15, 0.2) is 77.6 Å². The maximum Gasteiger partial charge on any atom is 0.262 e. The van der Waals surface area contributed by atoms with Crippen molar-refractivity contribution in [3.05, 3.63) is 99.8 Å². The number of aromatic amines is 1. The van der Waals surface area contributed by atoms with Crippen molar-refractivity contribution in [3.63, 3.8) is 0 Å².